The Morgan fingerprint density at radius 3 is 2.78 bits per heavy atom. The Morgan fingerprint density at radius 2 is 2.44 bits per heavy atom. The minimum atomic E-state index is -0.649. The second-order valence-corrected chi connectivity index (χ2v) is 1.39. The first-order valence-electron chi connectivity index (χ1n) is 2.43. The zero-order valence-corrected chi connectivity index (χ0v) is 5.20. The normalized spacial score (nSPS) is 8.78. The van der Waals surface area contributed by atoms with Crippen LogP contribution in [0.1, 0.15) is 0 Å². The number of carbonyl (C=O) groups is 1. The molecule has 54 valence electrons. The van der Waals surface area contributed by atoms with Crippen molar-refractivity contribution in [2.75, 3.05) is 20.3 Å². The van der Waals surface area contributed by atoms with Crippen LogP contribution in [0.15, 0.2) is 0 Å². The van der Waals surface area contributed by atoms with E-state index in [1.807, 2.05) is 0 Å². The van der Waals surface area contributed by atoms with Gasteiger partial charge in [-0.25, -0.2) is 15.6 Å². The molecule has 0 heterocycles. The molecule has 0 aliphatic rings. The second kappa shape index (κ2) is 4.11. The van der Waals surface area contributed by atoms with Crippen LogP contribution in [0.3, 0.4) is 0 Å². The number of methoxy groups -OCH3 is 1. The zero-order chi connectivity index (χ0) is 7.28. The summed E-state index contributed by atoms with van der Waals surface area (Å²) < 4.78 is 4.22. The number of hydrogen-bond donors (Lipinski definition) is 2. The molecule has 0 bridgehead atoms. The highest BCUT2D eigenvalue weighted by molar-refractivity contribution is 5.66. The number of hydrogen-bond acceptors (Lipinski definition) is 4. The number of aliphatic hydroxyl groups excluding tert-OH is 1. The van der Waals surface area contributed by atoms with Gasteiger partial charge in [0.25, 0.3) is 0 Å². The number of nitrogens with two attached hydrogens (primary N) is 1. The van der Waals surface area contributed by atoms with Crippen LogP contribution in [0.5, 0.6) is 0 Å². The van der Waals surface area contributed by atoms with Crippen molar-refractivity contribution >= 4 is 6.09 Å². The van der Waals surface area contributed by atoms with Crippen LogP contribution in [0.4, 0.5) is 4.79 Å². The average molecular weight is 134 g/mol. The number of nitrogens with zero attached hydrogens (tertiary/aromatic N) is 1. The van der Waals surface area contributed by atoms with Crippen molar-refractivity contribution in [3.8, 4) is 0 Å². The molecule has 0 aromatic heterocycles. The van der Waals surface area contributed by atoms with Gasteiger partial charge in [0.15, 0.2) is 0 Å². The molecule has 5 heteroatoms. The van der Waals surface area contributed by atoms with E-state index >= 15 is 0 Å². The van der Waals surface area contributed by atoms with E-state index in [1.165, 1.54) is 7.11 Å². The smallest absolute Gasteiger partial charge is 0.423 e. The maximum Gasteiger partial charge on any atom is 0.423 e. The highest BCUT2D eigenvalue weighted by Gasteiger charge is 2.05. The molecule has 0 saturated carbocycles. The lowest BCUT2D eigenvalue weighted by molar-refractivity contribution is 0.113. The molecule has 1 amide bonds. The summed E-state index contributed by atoms with van der Waals surface area (Å²) in [5.41, 5.74) is 0. The Labute approximate surface area is 53.0 Å². The third kappa shape index (κ3) is 2.89. The molecular formula is C4H10N2O3. The number of ether oxygens (including phenoxy) is 1. The summed E-state index contributed by atoms with van der Waals surface area (Å²) in [6.45, 7) is -0.0712. The van der Waals surface area contributed by atoms with Gasteiger partial charge in [-0.3, -0.25) is 0 Å². The molecule has 0 aromatic rings. The molecule has 9 heavy (non-hydrogen) atoms. The topological polar surface area (TPSA) is 75.8 Å². The fourth-order valence-corrected chi connectivity index (χ4v) is 0.316. The molecule has 0 atom stereocenters. The van der Waals surface area contributed by atoms with E-state index in [1.54, 1.807) is 0 Å². The first-order valence-corrected chi connectivity index (χ1v) is 2.43. The highest BCUT2D eigenvalue weighted by atomic mass is 16.5. The molecule has 0 aromatic carbocycles. The summed E-state index contributed by atoms with van der Waals surface area (Å²) in [6, 6.07) is 0. The van der Waals surface area contributed by atoms with E-state index in [0.29, 0.717) is 0 Å². The lowest BCUT2D eigenvalue weighted by atomic mass is 10.7. The Morgan fingerprint density at radius 1 is 1.89 bits per heavy atom. The molecule has 0 rings (SSSR count). The minimum absolute atomic E-state index is 0.0900. The lowest BCUT2D eigenvalue weighted by Crippen LogP contribution is -2.39. The third-order valence-corrected chi connectivity index (χ3v) is 0.750. The molecule has 0 aliphatic carbocycles. The summed E-state index contributed by atoms with van der Waals surface area (Å²) in [5, 5.41) is 9.04. The van der Waals surface area contributed by atoms with Gasteiger partial charge < -0.3 is 9.84 Å². The van der Waals surface area contributed by atoms with Gasteiger partial charge in [-0.05, 0) is 0 Å². The van der Waals surface area contributed by atoms with Crippen molar-refractivity contribution in [3.05, 3.63) is 0 Å². The predicted octanol–water partition coefficient (Wildman–Crippen LogP) is -1.08. The van der Waals surface area contributed by atoms with Gasteiger partial charge in [0.2, 0.25) is 0 Å². The Hall–Kier alpha value is -0.810. The maximum atomic E-state index is 10.4. The zero-order valence-electron chi connectivity index (χ0n) is 5.20. The SMILES string of the molecule is COC(=O)N(N)CCO. The van der Waals surface area contributed by atoms with Gasteiger partial charge in [-0.15, -0.1) is 0 Å². The minimum Gasteiger partial charge on any atom is -0.452 e. The largest absolute Gasteiger partial charge is 0.452 e. The van der Waals surface area contributed by atoms with Crippen LogP contribution in [-0.4, -0.2) is 36.5 Å². The van der Waals surface area contributed by atoms with Crippen LogP contribution in [0, 0.1) is 0 Å². The number of carbonyl (C=O) groups excluding carboxylic acids is 1. The van der Waals surface area contributed by atoms with Gasteiger partial charge >= 0.3 is 6.09 Å². The molecule has 0 aliphatic heterocycles. The van der Waals surface area contributed by atoms with Crippen molar-refractivity contribution in [2.24, 2.45) is 5.84 Å². The number of amides is 1. The predicted molar refractivity (Wildman–Crippen MR) is 30.4 cm³/mol. The maximum absolute atomic E-state index is 10.4. The number of aliphatic hydroxyl groups is 1. The highest BCUT2D eigenvalue weighted by Crippen LogP contribution is 1.81. The second-order valence-electron chi connectivity index (χ2n) is 1.39. The summed E-state index contributed by atoms with van der Waals surface area (Å²) in [6.07, 6.45) is -0.649. The molecule has 0 spiro atoms. The van der Waals surface area contributed by atoms with Crippen molar-refractivity contribution in [3.63, 3.8) is 0 Å². The molecule has 0 saturated heterocycles. The van der Waals surface area contributed by atoms with Gasteiger partial charge in [-0.1, -0.05) is 0 Å². The number of rotatable bonds is 2. The van der Waals surface area contributed by atoms with Crippen molar-refractivity contribution in [2.45, 2.75) is 0 Å². The van der Waals surface area contributed by atoms with Gasteiger partial charge in [0.05, 0.1) is 20.3 Å². The summed E-state index contributed by atoms with van der Waals surface area (Å²) in [5.74, 6) is 5.04. The van der Waals surface area contributed by atoms with E-state index in [-0.39, 0.29) is 13.2 Å². The van der Waals surface area contributed by atoms with Crippen LogP contribution in [-0.2, 0) is 4.74 Å². The van der Waals surface area contributed by atoms with E-state index in [0.717, 1.165) is 5.01 Å². The Bertz CT molecular complexity index is 95.8. The first-order chi connectivity index (χ1) is 4.22. The van der Waals surface area contributed by atoms with Gasteiger partial charge in [0.1, 0.15) is 0 Å². The molecular weight excluding hydrogens is 124 g/mol. The fourth-order valence-electron chi connectivity index (χ4n) is 0.316. The van der Waals surface area contributed by atoms with Gasteiger partial charge in [-0.2, -0.15) is 0 Å². The Balaban J connectivity index is 3.45. The molecule has 5 nitrogen and oxygen atoms in total. The molecule has 0 fully saturated rings. The van der Waals surface area contributed by atoms with Crippen molar-refractivity contribution in [1.82, 2.24) is 5.01 Å². The van der Waals surface area contributed by atoms with Crippen molar-refractivity contribution < 1.29 is 14.6 Å². The van der Waals surface area contributed by atoms with E-state index in [9.17, 15) is 4.79 Å². The van der Waals surface area contributed by atoms with Crippen LogP contribution in [0.2, 0.25) is 0 Å². The molecule has 3 N–H and O–H groups in total. The van der Waals surface area contributed by atoms with Gasteiger partial charge in [0, 0.05) is 0 Å². The van der Waals surface area contributed by atoms with Crippen LogP contribution in [0.25, 0.3) is 0 Å². The fraction of sp³-hybridized carbons (Fsp3) is 0.750. The monoisotopic (exact) mass is 134 g/mol. The summed E-state index contributed by atoms with van der Waals surface area (Å²) in [7, 11) is 1.22. The van der Waals surface area contributed by atoms with E-state index in [4.69, 9.17) is 10.9 Å². The standard InChI is InChI=1S/C4H10N2O3/c1-9-4(8)6(5)2-3-7/h7H,2-3,5H2,1H3. The third-order valence-electron chi connectivity index (χ3n) is 0.750. The summed E-state index contributed by atoms with van der Waals surface area (Å²) in [4.78, 5) is 10.4. The van der Waals surface area contributed by atoms with Crippen LogP contribution >= 0.6 is 0 Å². The summed E-state index contributed by atoms with van der Waals surface area (Å²) >= 11 is 0. The Kier molecular flexibility index (Phi) is 3.74. The number of hydrazine groups is 1. The lowest BCUT2D eigenvalue weighted by Gasteiger charge is -2.11. The quantitative estimate of drug-likeness (QED) is 0.286. The first kappa shape index (κ1) is 8.19. The average Bonchev–Trinajstić information content (AvgIpc) is 1.87. The molecule has 0 unspecified atom stereocenters. The van der Waals surface area contributed by atoms with E-state index in [2.05, 4.69) is 4.74 Å². The van der Waals surface area contributed by atoms with E-state index < -0.39 is 6.09 Å². The van der Waals surface area contributed by atoms with Crippen LogP contribution < -0.4 is 5.84 Å². The van der Waals surface area contributed by atoms with Crippen molar-refractivity contribution in [1.29, 1.82) is 0 Å². The molecule has 0 radical (unpaired) electrons.